The number of benzene rings is 2. The molecule has 5 aliphatic heterocycles. The van der Waals surface area contributed by atoms with E-state index in [1.165, 1.54) is 17.7 Å². The van der Waals surface area contributed by atoms with E-state index in [2.05, 4.69) is 64.5 Å². The Kier molecular flexibility index (Phi) is 11.5. The average Bonchev–Trinajstić information content (AvgIpc) is 3.25. The summed E-state index contributed by atoms with van der Waals surface area (Å²) >= 11 is 0. The average molecular weight is 882 g/mol. The van der Waals surface area contributed by atoms with Gasteiger partial charge >= 0.3 is 6.09 Å². The number of nitrogens with zero attached hydrogens (tertiary/aromatic N) is 9. The number of amides is 3. The monoisotopic (exact) mass is 881 g/mol. The lowest BCUT2D eigenvalue weighted by Gasteiger charge is -2.49. The minimum absolute atomic E-state index is 0.112. The van der Waals surface area contributed by atoms with Gasteiger partial charge in [0.15, 0.2) is 0 Å². The van der Waals surface area contributed by atoms with Gasteiger partial charge in [-0.1, -0.05) is 12.1 Å². The van der Waals surface area contributed by atoms with Crippen molar-refractivity contribution in [2.75, 3.05) is 90.4 Å². The van der Waals surface area contributed by atoms with Crippen molar-refractivity contribution >= 4 is 52.3 Å². The summed E-state index contributed by atoms with van der Waals surface area (Å²) < 4.78 is 11.6. The Bertz CT molecular complexity index is 2500. The van der Waals surface area contributed by atoms with Crippen molar-refractivity contribution < 1.29 is 23.9 Å². The molecule has 1 saturated carbocycles. The van der Waals surface area contributed by atoms with Crippen molar-refractivity contribution in [2.45, 2.75) is 84.4 Å². The van der Waals surface area contributed by atoms with Gasteiger partial charge in [0, 0.05) is 93.6 Å². The van der Waals surface area contributed by atoms with Crippen LogP contribution in [0.1, 0.15) is 68.8 Å². The standard InChI is InChI=1S/C49H59N11O5/c1-32-41(28-50-46-44(32)60(23-24-64-46)48(63)65-49(2,3)4)57-17-15-35-27-51-47(53-40(35)31-57)52-36-10-5-7-33(25-36)26-43(62)56-21-19-55(20-22-56)39-29-58(30-39)37-11-13-38(14-12-37)59-18-16-42(61)54-45(59)34-8-6-9-34/h5,7,10-14,25,27-28,39H,6,8-9,15-24,26,29-31H2,1-4H3,(H,54,61)(H,51,52,53). The minimum atomic E-state index is -0.627. The third-order valence-corrected chi connectivity index (χ3v) is 13.5. The molecule has 0 unspecified atom stereocenters. The molecule has 3 saturated heterocycles. The van der Waals surface area contributed by atoms with Crippen LogP contribution in [0.2, 0.25) is 0 Å². The fraction of sp³-hybridized carbons (Fsp3) is 0.469. The summed E-state index contributed by atoms with van der Waals surface area (Å²) in [6.45, 7) is 15.5. The SMILES string of the molecule is Cc1c(N2CCc3cnc(Nc4cccc(CC(=O)N5CCN(C6CN(c7ccc(N8CCC(=O)NC8=C8CCC8)cc7)C6)CC5)c4)nc3C2)cnc2c1N(C(=O)OC(C)(C)C)CCO2. The fourth-order valence-corrected chi connectivity index (χ4v) is 9.68. The molecule has 10 rings (SSSR count). The van der Waals surface area contributed by atoms with E-state index in [-0.39, 0.29) is 11.8 Å². The maximum Gasteiger partial charge on any atom is 0.415 e. The summed E-state index contributed by atoms with van der Waals surface area (Å²) in [5, 5.41) is 6.52. The number of hydrogen-bond acceptors (Lipinski definition) is 13. The van der Waals surface area contributed by atoms with Gasteiger partial charge in [-0.25, -0.2) is 19.7 Å². The summed E-state index contributed by atoms with van der Waals surface area (Å²) in [4.78, 5) is 66.2. The molecule has 0 radical (unpaired) electrons. The van der Waals surface area contributed by atoms with Gasteiger partial charge in [-0.05, 0) is 106 Å². The number of ether oxygens (including phenoxy) is 2. The highest BCUT2D eigenvalue weighted by molar-refractivity contribution is 5.92. The van der Waals surface area contributed by atoms with E-state index >= 15 is 0 Å². The van der Waals surface area contributed by atoms with Gasteiger partial charge in [-0.2, -0.15) is 0 Å². The molecule has 7 heterocycles. The van der Waals surface area contributed by atoms with Crippen LogP contribution in [0, 0.1) is 6.92 Å². The van der Waals surface area contributed by atoms with Crippen LogP contribution in [0.25, 0.3) is 0 Å². The third-order valence-electron chi connectivity index (χ3n) is 13.5. The van der Waals surface area contributed by atoms with Crippen molar-refractivity contribution in [1.29, 1.82) is 0 Å². The Morgan fingerprint density at radius 1 is 0.892 bits per heavy atom. The Morgan fingerprint density at radius 2 is 1.68 bits per heavy atom. The summed E-state index contributed by atoms with van der Waals surface area (Å²) in [5.74, 6) is 2.17. The fourth-order valence-electron chi connectivity index (χ4n) is 9.68. The molecular formula is C49H59N11O5. The number of nitrogens with one attached hydrogen (secondary N) is 2. The van der Waals surface area contributed by atoms with E-state index in [0.717, 1.165) is 110 Å². The van der Waals surface area contributed by atoms with E-state index in [0.29, 0.717) is 62.6 Å². The molecule has 0 spiro atoms. The molecule has 4 aromatic rings. The van der Waals surface area contributed by atoms with E-state index < -0.39 is 11.7 Å². The highest BCUT2D eigenvalue weighted by atomic mass is 16.6. The van der Waals surface area contributed by atoms with Crippen LogP contribution in [-0.2, 0) is 33.7 Å². The number of pyridine rings is 1. The largest absolute Gasteiger partial charge is 0.474 e. The molecule has 2 N–H and O–H groups in total. The van der Waals surface area contributed by atoms with Gasteiger partial charge in [-0.15, -0.1) is 0 Å². The Labute approximate surface area is 380 Å². The zero-order chi connectivity index (χ0) is 44.8. The number of hydrogen-bond donors (Lipinski definition) is 2. The van der Waals surface area contributed by atoms with Gasteiger partial charge in [0.05, 0.1) is 37.1 Å². The predicted octanol–water partition coefficient (Wildman–Crippen LogP) is 5.92. The summed E-state index contributed by atoms with van der Waals surface area (Å²) in [7, 11) is 0. The lowest BCUT2D eigenvalue weighted by molar-refractivity contribution is -0.132. The molecule has 2 aromatic heterocycles. The van der Waals surface area contributed by atoms with Crippen molar-refractivity contribution in [3.8, 4) is 5.88 Å². The van der Waals surface area contributed by atoms with Crippen molar-refractivity contribution in [2.24, 2.45) is 0 Å². The van der Waals surface area contributed by atoms with Crippen molar-refractivity contribution in [3.05, 3.63) is 94.7 Å². The van der Waals surface area contributed by atoms with Crippen LogP contribution < -0.4 is 35.0 Å². The molecule has 4 fully saturated rings. The van der Waals surface area contributed by atoms with Gasteiger partial charge in [0.1, 0.15) is 23.7 Å². The van der Waals surface area contributed by atoms with Crippen LogP contribution in [0.15, 0.2) is 72.3 Å². The second kappa shape index (κ2) is 17.5. The predicted molar refractivity (Wildman–Crippen MR) is 250 cm³/mol. The Hall–Kier alpha value is -6.42. The first kappa shape index (κ1) is 42.5. The third kappa shape index (κ3) is 9.00. The minimum Gasteiger partial charge on any atom is -0.474 e. The molecule has 3 amide bonds. The molecule has 16 nitrogen and oxygen atoms in total. The molecule has 65 heavy (non-hydrogen) atoms. The summed E-state index contributed by atoms with van der Waals surface area (Å²) in [6, 6.07) is 17.2. The van der Waals surface area contributed by atoms with Gasteiger partial charge in [0.2, 0.25) is 23.6 Å². The van der Waals surface area contributed by atoms with Crippen LogP contribution in [0.4, 0.5) is 39.2 Å². The number of anilines is 6. The molecule has 1 aliphatic carbocycles. The topological polar surface area (TPSA) is 152 Å². The summed E-state index contributed by atoms with van der Waals surface area (Å²) in [6.07, 6.45) is 8.23. The van der Waals surface area contributed by atoms with Gasteiger partial charge in [-0.3, -0.25) is 19.4 Å². The molecule has 0 atom stereocenters. The normalized spacial score (nSPS) is 19.1. The number of aromatic nitrogens is 3. The van der Waals surface area contributed by atoms with E-state index in [1.54, 1.807) is 4.90 Å². The number of carbonyl (C=O) groups excluding carboxylic acids is 3. The number of carbonyl (C=O) groups is 3. The van der Waals surface area contributed by atoms with Crippen LogP contribution in [0.5, 0.6) is 5.88 Å². The maximum absolute atomic E-state index is 13.6. The van der Waals surface area contributed by atoms with Crippen LogP contribution >= 0.6 is 0 Å². The van der Waals surface area contributed by atoms with Gasteiger partial charge in [0.25, 0.3) is 0 Å². The lowest BCUT2D eigenvalue weighted by Crippen LogP contribution is -2.63. The van der Waals surface area contributed by atoms with E-state index in [1.807, 2.05) is 69.3 Å². The quantitative estimate of drug-likeness (QED) is 0.216. The van der Waals surface area contributed by atoms with Crippen molar-refractivity contribution in [1.82, 2.24) is 30.1 Å². The summed E-state index contributed by atoms with van der Waals surface area (Å²) in [5.41, 5.74) is 9.31. The molecular weight excluding hydrogens is 823 g/mol. The highest BCUT2D eigenvalue weighted by Crippen LogP contribution is 2.40. The van der Waals surface area contributed by atoms with Crippen LogP contribution in [0.3, 0.4) is 0 Å². The maximum atomic E-state index is 13.6. The molecule has 6 aliphatic rings. The molecule has 0 bridgehead atoms. The second-order valence-electron chi connectivity index (χ2n) is 19.0. The number of piperazine rings is 1. The Balaban J connectivity index is 0.709. The lowest BCUT2D eigenvalue weighted by atomic mass is 9.91. The van der Waals surface area contributed by atoms with Gasteiger partial charge < -0.3 is 39.7 Å². The highest BCUT2D eigenvalue weighted by Gasteiger charge is 2.36. The number of rotatable bonds is 8. The smallest absolute Gasteiger partial charge is 0.415 e. The molecule has 2 aromatic carbocycles. The number of fused-ring (bicyclic) bond motifs is 2. The zero-order valence-electron chi connectivity index (χ0n) is 37.9. The van der Waals surface area contributed by atoms with E-state index in [4.69, 9.17) is 14.5 Å². The first-order chi connectivity index (χ1) is 31.4. The Morgan fingerprint density at radius 3 is 2.43 bits per heavy atom. The molecule has 16 heteroatoms. The van der Waals surface area contributed by atoms with E-state index in [9.17, 15) is 14.4 Å². The van der Waals surface area contributed by atoms with Crippen molar-refractivity contribution in [3.63, 3.8) is 0 Å². The first-order valence-corrected chi connectivity index (χ1v) is 23.2. The zero-order valence-corrected chi connectivity index (χ0v) is 37.9. The first-order valence-electron chi connectivity index (χ1n) is 23.2. The molecule has 340 valence electrons. The second-order valence-corrected chi connectivity index (χ2v) is 19.0. The van der Waals surface area contributed by atoms with Crippen LogP contribution in [-0.4, -0.2) is 120 Å². The number of allylic oxidation sites excluding steroid dienone is 1.